The lowest BCUT2D eigenvalue weighted by Crippen LogP contribution is -2.45. The van der Waals surface area contributed by atoms with Crippen molar-refractivity contribution < 1.29 is 10.0 Å². The number of oxime groups is 1. The van der Waals surface area contributed by atoms with Crippen molar-refractivity contribution in [2.24, 2.45) is 22.7 Å². The Balaban J connectivity index is 2.06. The maximum absolute atomic E-state index is 12.5. The molecule has 0 heterocycles. The highest BCUT2D eigenvalue weighted by atomic mass is 16.4. The molecule has 1 saturated carbocycles. The van der Waals surface area contributed by atoms with Gasteiger partial charge in [0.05, 0.1) is 0 Å². The Bertz CT molecular complexity index is 502. The maximum atomic E-state index is 12.5. The first-order chi connectivity index (χ1) is 10.1. The zero-order valence-corrected chi connectivity index (χ0v) is 12.3. The van der Waals surface area contributed by atoms with Crippen molar-refractivity contribution >= 4 is 11.7 Å². The van der Waals surface area contributed by atoms with Gasteiger partial charge in [0.2, 0.25) is 5.91 Å². The van der Waals surface area contributed by atoms with Gasteiger partial charge in [-0.3, -0.25) is 4.79 Å². The smallest absolute Gasteiger partial charge is 0.231 e. The van der Waals surface area contributed by atoms with E-state index in [4.69, 9.17) is 10.9 Å². The molecule has 0 saturated heterocycles. The molecule has 1 fully saturated rings. The van der Waals surface area contributed by atoms with Gasteiger partial charge in [0.25, 0.3) is 0 Å². The monoisotopic (exact) mass is 289 g/mol. The first-order valence-corrected chi connectivity index (χ1v) is 7.43. The molecule has 0 bridgehead atoms. The van der Waals surface area contributed by atoms with Crippen LogP contribution < -0.4 is 11.1 Å². The van der Waals surface area contributed by atoms with Crippen LogP contribution in [0.25, 0.3) is 0 Å². The number of amidine groups is 1. The Labute approximate surface area is 125 Å². The zero-order chi connectivity index (χ0) is 15.2. The highest BCUT2D eigenvalue weighted by Crippen LogP contribution is 2.25. The topological polar surface area (TPSA) is 87.7 Å². The third-order valence-electron chi connectivity index (χ3n) is 4.26. The van der Waals surface area contributed by atoms with Gasteiger partial charge in [-0.05, 0) is 30.7 Å². The van der Waals surface area contributed by atoms with Gasteiger partial charge in [-0.1, -0.05) is 48.8 Å². The van der Waals surface area contributed by atoms with E-state index in [-0.39, 0.29) is 17.8 Å². The fourth-order valence-electron chi connectivity index (χ4n) is 2.89. The summed E-state index contributed by atoms with van der Waals surface area (Å²) in [7, 11) is 0. The van der Waals surface area contributed by atoms with E-state index in [1.54, 1.807) is 0 Å². The average molecular weight is 289 g/mol. The number of amides is 1. The van der Waals surface area contributed by atoms with Crippen LogP contribution in [0.15, 0.2) is 35.5 Å². The predicted octanol–water partition coefficient (Wildman–Crippen LogP) is 1.90. The number of benzene rings is 1. The molecular formula is C16H23N3O2. The molecule has 0 spiro atoms. The van der Waals surface area contributed by atoms with E-state index in [9.17, 15) is 4.79 Å². The summed E-state index contributed by atoms with van der Waals surface area (Å²) in [6.07, 6.45) is 3.71. The van der Waals surface area contributed by atoms with Gasteiger partial charge in [0, 0.05) is 6.04 Å². The number of carbonyl (C=O) groups is 1. The Morgan fingerprint density at radius 1 is 1.43 bits per heavy atom. The largest absolute Gasteiger partial charge is 0.409 e. The zero-order valence-electron chi connectivity index (χ0n) is 12.3. The summed E-state index contributed by atoms with van der Waals surface area (Å²) in [5, 5.41) is 15.0. The standard InChI is InChI=1S/C16H23N3O2/c1-11-6-5-9-14(11)18-16(20)13(15(17)19-21)10-12-7-3-2-4-8-12/h2-4,7-8,11,13-14,21H,5-6,9-10H2,1H3,(H2,17,19)(H,18,20). The van der Waals surface area contributed by atoms with Gasteiger partial charge in [0.1, 0.15) is 5.92 Å². The van der Waals surface area contributed by atoms with Crippen molar-refractivity contribution in [2.75, 3.05) is 0 Å². The first-order valence-electron chi connectivity index (χ1n) is 7.43. The summed E-state index contributed by atoms with van der Waals surface area (Å²) in [6.45, 7) is 2.15. The average Bonchev–Trinajstić information content (AvgIpc) is 2.90. The van der Waals surface area contributed by atoms with Crippen molar-refractivity contribution in [3.63, 3.8) is 0 Å². The first kappa shape index (κ1) is 15.4. The van der Waals surface area contributed by atoms with Crippen LogP contribution in [0, 0.1) is 11.8 Å². The molecule has 1 amide bonds. The lowest BCUT2D eigenvalue weighted by atomic mass is 9.96. The number of hydrogen-bond donors (Lipinski definition) is 3. The number of nitrogens with two attached hydrogens (primary N) is 1. The molecular weight excluding hydrogens is 266 g/mol. The molecule has 3 unspecified atom stereocenters. The van der Waals surface area contributed by atoms with Crippen LogP contribution >= 0.6 is 0 Å². The molecule has 114 valence electrons. The third kappa shape index (κ3) is 3.97. The van der Waals surface area contributed by atoms with E-state index in [1.807, 2.05) is 30.3 Å². The second-order valence-corrected chi connectivity index (χ2v) is 5.79. The molecule has 4 N–H and O–H groups in total. The van der Waals surface area contributed by atoms with Crippen LogP contribution in [0.4, 0.5) is 0 Å². The highest BCUT2D eigenvalue weighted by Gasteiger charge is 2.30. The van der Waals surface area contributed by atoms with Crippen LogP contribution in [-0.2, 0) is 11.2 Å². The van der Waals surface area contributed by atoms with Gasteiger partial charge in [-0.15, -0.1) is 0 Å². The van der Waals surface area contributed by atoms with Crippen LogP contribution in [0.1, 0.15) is 31.7 Å². The van der Waals surface area contributed by atoms with E-state index in [1.165, 1.54) is 0 Å². The molecule has 1 aliphatic carbocycles. The number of nitrogens with one attached hydrogen (secondary N) is 1. The SMILES string of the molecule is CC1CCCC1NC(=O)C(Cc1ccccc1)C(N)=NO. The minimum atomic E-state index is -0.634. The van der Waals surface area contributed by atoms with Crippen molar-refractivity contribution in [1.29, 1.82) is 0 Å². The summed E-state index contributed by atoms with van der Waals surface area (Å²) in [6, 6.07) is 9.81. The lowest BCUT2D eigenvalue weighted by Gasteiger charge is -2.21. The predicted molar refractivity (Wildman–Crippen MR) is 82.0 cm³/mol. The van der Waals surface area contributed by atoms with Crippen molar-refractivity contribution in [3.8, 4) is 0 Å². The quantitative estimate of drug-likeness (QED) is 0.335. The molecule has 21 heavy (non-hydrogen) atoms. The minimum absolute atomic E-state index is 0.0398. The van der Waals surface area contributed by atoms with Crippen molar-refractivity contribution in [2.45, 2.75) is 38.6 Å². The van der Waals surface area contributed by atoms with Gasteiger partial charge in [0.15, 0.2) is 5.84 Å². The summed E-state index contributed by atoms with van der Waals surface area (Å²) in [4.78, 5) is 12.5. The fraction of sp³-hybridized carbons (Fsp3) is 0.500. The molecule has 5 heteroatoms. The lowest BCUT2D eigenvalue weighted by molar-refractivity contribution is -0.124. The molecule has 0 radical (unpaired) electrons. The van der Waals surface area contributed by atoms with Crippen molar-refractivity contribution in [3.05, 3.63) is 35.9 Å². The minimum Gasteiger partial charge on any atom is -0.409 e. The third-order valence-corrected chi connectivity index (χ3v) is 4.26. The highest BCUT2D eigenvalue weighted by molar-refractivity contribution is 6.02. The normalized spacial score (nSPS) is 23.8. The Kier molecular flexibility index (Phi) is 5.20. The Hall–Kier alpha value is -2.04. The van der Waals surface area contributed by atoms with E-state index in [0.29, 0.717) is 12.3 Å². The second kappa shape index (κ2) is 7.11. The number of rotatable bonds is 5. The van der Waals surface area contributed by atoms with Crippen LogP contribution in [0.2, 0.25) is 0 Å². The second-order valence-electron chi connectivity index (χ2n) is 5.79. The molecule has 5 nitrogen and oxygen atoms in total. The fourth-order valence-corrected chi connectivity index (χ4v) is 2.89. The molecule has 1 aromatic rings. The van der Waals surface area contributed by atoms with Gasteiger partial charge < -0.3 is 16.3 Å². The van der Waals surface area contributed by atoms with Gasteiger partial charge in [-0.25, -0.2) is 0 Å². The Morgan fingerprint density at radius 2 is 2.14 bits per heavy atom. The van der Waals surface area contributed by atoms with E-state index in [2.05, 4.69) is 17.4 Å². The summed E-state index contributed by atoms with van der Waals surface area (Å²) in [5.41, 5.74) is 6.70. The molecule has 1 aliphatic rings. The van der Waals surface area contributed by atoms with E-state index >= 15 is 0 Å². The van der Waals surface area contributed by atoms with Crippen molar-refractivity contribution in [1.82, 2.24) is 5.32 Å². The molecule has 0 aromatic heterocycles. The van der Waals surface area contributed by atoms with Crippen LogP contribution in [-0.4, -0.2) is 23.0 Å². The van der Waals surface area contributed by atoms with Gasteiger partial charge >= 0.3 is 0 Å². The number of hydrogen-bond acceptors (Lipinski definition) is 3. The Morgan fingerprint density at radius 3 is 2.71 bits per heavy atom. The maximum Gasteiger partial charge on any atom is 0.231 e. The van der Waals surface area contributed by atoms with Gasteiger partial charge in [-0.2, -0.15) is 0 Å². The summed E-state index contributed by atoms with van der Waals surface area (Å²) < 4.78 is 0. The van der Waals surface area contributed by atoms with Crippen LogP contribution in [0.3, 0.4) is 0 Å². The number of nitrogens with zero attached hydrogens (tertiary/aromatic N) is 1. The van der Waals surface area contributed by atoms with E-state index < -0.39 is 5.92 Å². The molecule has 3 atom stereocenters. The van der Waals surface area contributed by atoms with Crippen LogP contribution in [0.5, 0.6) is 0 Å². The summed E-state index contributed by atoms with van der Waals surface area (Å²) in [5.74, 6) is -0.348. The summed E-state index contributed by atoms with van der Waals surface area (Å²) >= 11 is 0. The molecule has 1 aromatic carbocycles. The van der Waals surface area contributed by atoms with E-state index in [0.717, 1.165) is 24.8 Å². The molecule has 2 rings (SSSR count). The number of carbonyl (C=O) groups excluding carboxylic acids is 1. The molecule has 0 aliphatic heterocycles.